The molecule has 5 aromatic rings. The van der Waals surface area contributed by atoms with Crippen molar-refractivity contribution in [1.29, 1.82) is 0 Å². The number of H-pyrrole nitrogens is 1. The number of nitrogens with zero attached hydrogens (tertiary/aromatic N) is 2. The Hall–Kier alpha value is -4.30. The molecule has 0 atom stereocenters. The summed E-state index contributed by atoms with van der Waals surface area (Å²) in [5, 5.41) is 10.7. The van der Waals surface area contributed by atoms with E-state index in [4.69, 9.17) is 0 Å². The van der Waals surface area contributed by atoms with Crippen LogP contribution >= 0.6 is 11.8 Å². The lowest BCUT2D eigenvalue weighted by Gasteiger charge is -2.11. The average Bonchev–Trinajstić information content (AvgIpc) is 3.28. The summed E-state index contributed by atoms with van der Waals surface area (Å²) in [5.74, 6) is -2.26. The van der Waals surface area contributed by atoms with Gasteiger partial charge in [0.05, 0.1) is 22.5 Å². The molecule has 0 fully saturated rings. The van der Waals surface area contributed by atoms with Gasteiger partial charge in [0, 0.05) is 21.4 Å². The fraction of sp³-hybridized carbons (Fsp3) is 0. The fourth-order valence-electron chi connectivity index (χ4n) is 3.52. The summed E-state index contributed by atoms with van der Waals surface area (Å²) < 4.78 is 28.0. The van der Waals surface area contributed by atoms with Crippen LogP contribution in [0.4, 0.5) is 14.5 Å². The van der Waals surface area contributed by atoms with Crippen molar-refractivity contribution in [3.8, 4) is 0 Å². The molecule has 172 valence electrons. The van der Waals surface area contributed by atoms with Gasteiger partial charge in [0.25, 0.3) is 5.91 Å². The summed E-state index contributed by atoms with van der Waals surface area (Å²) in [6.45, 7) is 0. The van der Waals surface area contributed by atoms with Crippen LogP contribution in [0.15, 0.2) is 94.9 Å². The molecule has 0 aliphatic heterocycles. The largest absolute Gasteiger partial charge is 0.317 e. The number of aromatic nitrogens is 3. The molecule has 0 aliphatic carbocycles. The minimum absolute atomic E-state index is 0.309. The summed E-state index contributed by atoms with van der Waals surface area (Å²) in [6.07, 6.45) is 5.53. The molecule has 2 heterocycles. The Kier molecular flexibility index (Phi) is 6.36. The number of amides is 1. The summed E-state index contributed by atoms with van der Waals surface area (Å²) in [7, 11) is 0. The quantitative estimate of drug-likeness (QED) is 0.278. The van der Waals surface area contributed by atoms with Crippen LogP contribution in [-0.2, 0) is 0 Å². The van der Waals surface area contributed by atoms with E-state index in [-0.39, 0.29) is 0 Å². The maximum absolute atomic E-state index is 14.0. The van der Waals surface area contributed by atoms with E-state index in [2.05, 4.69) is 20.5 Å². The zero-order valence-corrected chi connectivity index (χ0v) is 19.0. The molecule has 1 amide bonds. The molecular weight excluding hydrogens is 466 g/mol. The van der Waals surface area contributed by atoms with Gasteiger partial charge < -0.3 is 5.32 Å². The smallest absolute Gasteiger partial charge is 0.256 e. The first-order chi connectivity index (χ1) is 17.1. The number of para-hydroxylation sites is 1. The molecule has 0 bridgehead atoms. The second kappa shape index (κ2) is 9.90. The van der Waals surface area contributed by atoms with Crippen molar-refractivity contribution >= 4 is 46.4 Å². The number of benzene rings is 3. The highest BCUT2D eigenvalue weighted by atomic mass is 32.2. The van der Waals surface area contributed by atoms with Crippen molar-refractivity contribution in [1.82, 2.24) is 15.2 Å². The number of hydrogen-bond donors (Lipinski definition) is 2. The van der Waals surface area contributed by atoms with E-state index < -0.39 is 23.2 Å². The first kappa shape index (κ1) is 22.5. The highest BCUT2D eigenvalue weighted by Crippen LogP contribution is 2.33. The zero-order valence-electron chi connectivity index (χ0n) is 18.2. The number of fused-ring (bicyclic) bond motifs is 1. The second-order valence-electron chi connectivity index (χ2n) is 7.55. The number of nitrogens with one attached hydrogen (secondary N) is 2. The van der Waals surface area contributed by atoms with Crippen LogP contribution < -0.4 is 5.32 Å². The molecule has 0 spiro atoms. The monoisotopic (exact) mass is 484 g/mol. The van der Waals surface area contributed by atoms with Crippen molar-refractivity contribution in [3.05, 3.63) is 114 Å². The molecule has 35 heavy (non-hydrogen) atoms. The lowest BCUT2D eigenvalue weighted by atomic mass is 10.2. The van der Waals surface area contributed by atoms with Gasteiger partial charge in [0.1, 0.15) is 17.3 Å². The predicted octanol–water partition coefficient (Wildman–Crippen LogP) is 6.81. The van der Waals surface area contributed by atoms with Gasteiger partial charge in [-0.25, -0.2) is 8.78 Å². The Bertz CT molecular complexity index is 1530. The van der Waals surface area contributed by atoms with Crippen LogP contribution in [0.5, 0.6) is 0 Å². The van der Waals surface area contributed by atoms with Crippen molar-refractivity contribution in [2.75, 3.05) is 5.32 Å². The highest BCUT2D eigenvalue weighted by molar-refractivity contribution is 7.99. The van der Waals surface area contributed by atoms with Crippen LogP contribution in [0.1, 0.15) is 21.7 Å². The zero-order chi connectivity index (χ0) is 24.2. The third-order valence-corrected chi connectivity index (χ3v) is 6.29. The Labute approximate surface area is 203 Å². The topological polar surface area (TPSA) is 70.7 Å². The maximum Gasteiger partial charge on any atom is 0.256 e. The standard InChI is InChI=1S/C27H18F2N4OS/c28-21-8-5-9-22(29)26(21)31-27(34)20-7-1-2-10-25(20)35-18-12-13-19-23(32-33-24(19)16-18)14-11-17-6-3-4-15-30-17/h1-16H,(H,31,34)(H,32,33)/b14-11+. The minimum Gasteiger partial charge on any atom is -0.317 e. The Morgan fingerprint density at radius 3 is 2.51 bits per heavy atom. The molecule has 5 nitrogen and oxygen atoms in total. The number of aromatic amines is 1. The van der Waals surface area contributed by atoms with E-state index in [1.54, 1.807) is 30.5 Å². The molecular formula is C27H18F2N4OS. The first-order valence-electron chi connectivity index (χ1n) is 10.7. The van der Waals surface area contributed by atoms with E-state index in [9.17, 15) is 13.6 Å². The van der Waals surface area contributed by atoms with Crippen LogP contribution in [0, 0.1) is 11.6 Å². The highest BCUT2D eigenvalue weighted by Gasteiger charge is 2.17. The first-order valence-corrected chi connectivity index (χ1v) is 11.5. The van der Waals surface area contributed by atoms with E-state index in [1.807, 2.05) is 48.6 Å². The van der Waals surface area contributed by atoms with Gasteiger partial charge in [-0.2, -0.15) is 5.10 Å². The Balaban J connectivity index is 1.38. The lowest BCUT2D eigenvalue weighted by Crippen LogP contribution is -2.15. The van der Waals surface area contributed by atoms with Crippen molar-refractivity contribution < 1.29 is 13.6 Å². The summed E-state index contributed by atoms with van der Waals surface area (Å²) in [5.41, 5.74) is 2.30. The average molecular weight is 485 g/mol. The fourth-order valence-corrected chi connectivity index (χ4v) is 4.50. The molecule has 0 radical (unpaired) electrons. The Morgan fingerprint density at radius 2 is 1.71 bits per heavy atom. The van der Waals surface area contributed by atoms with Crippen LogP contribution in [0.25, 0.3) is 23.1 Å². The van der Waals surface area contributed by atoms with Crippen molar-refractivity contribution in [2.24, 2.45) is 0 Å². The van der Waals surface area contributed by atoms with Gasteiger partial charge in [0.2, 0.25) is 0 Å². The van der Waals surface area contributed by atoms with E-state index in [0.29, 0.717) is 10.5 Å². The third kappa shape index (κ3) is 4.97. The SMILES string of the molecule is O=C(Nc1c(F)cccc1F)c1ccccc1Sc1ccc2c(/C=C/c3ccccn3)n[nH]c2c1. The van der Waals surface area contributed by atoms with Crippen LogP contribution in [0.2, 0.25) is 0 Å². The number of hydrogen-bond acceptors (Lipinski definition) is 4. The van der Waals surface area contributed by atoms with E-state index in [1.165, 1.54) is 17.8 Å². The molecule has 5 rings (SSSR count). The lowest BCUT2D eigenvalue weighted by molar-refractivity contribution is 0.102. The minimum atomic E-state index is -0.832. The number of carbonyl (C=O) groups is 1. The summed E-state index contributed by atoms with van der Waals surface area (Å²) >= 11 is 1.37. The number of anilines is 1. The normalized spacial score (nSPS) is 11.3. The molecule has 3 aromatic carbocycles. The molecule has 2 N–H and O–H groups in total. The summed E-state index contributed by atoms with van der Waals surface area (Å²) in [6, 6.07) is 21.9. The van der Waals surface area contributed by atoms with Crippen LogP contribution in [0.3, 0.4) is 0 Å². The van der Waals surface area contributed by atoms with Crippen molar-refractivity contribution in [2.45, 2.75) is 9.79 Å². The molecule has 0 aliphatic rings. The molecule has 0 saturated heterocycles. The molecule has 8 heteroatoms. The molecule has 0 saturated carbocycles. The Morgan fingerprint density at radius 1 is 0.914 bits per heavy atom. The van der Waals surface area contributed by atoms with Crippen molar-refractivity contribution in [3.63, 3.8) is 0 Å². The van der Waals surface area contributed by atoms with Gasteiger partial charge in [-0.05, 0) is 66.7 Å². The predicted molar refractivity (Wildman–Crippen MR) is 134 cm³/mol. The number of halogens is 2. The van der Waals surface area contributed by atoms with Gasteiger partial charge in [0.15, 0.2) is 0 Å². The summed E-state index contributed by atoms with van der Waals surface area (Å²) in [4.78, 5) is 18.6. The number of carbonyl (C=O) groups excluding carboxylic acids is 1. The molecule has 2 aromatic heterocycles. The van der Waals surface area contributed by atoms with E-state index in [0.717, 1.165) is 39.3 Å². The maximum atomic E-state index is 14.0. The van der Waals surface area contributed by atoms with Crippen LogP contribution in [-0.4, -0.2) is 21.1 Å². The second-order valence-corrected chi connectivity index (χ2v) is 8.67. The molecule has 0 unspecified atom stereocenters. The van der Waals surface area contributed by atoms with Gasteiger partial charge >= 0.3 is 0 Å². The number of rotatable bonds is 6. The van der Waals surface area contributed by atoms with Gasteiger partial charge in [-0.15, -0.1) is 0 Å². The third-order valence-electron chi connectivity index (χ3n) is 5.22. The van der Waals surface area contributed by atoms with Gasteiger partial charge in [-0.1, -0.05) is 36.0 Å². The van der Waals surface area contributed by atoms with Gasteiger partial charge in [-0.3, -0.25) is 14.9 Å². The number of pyridine rings is 1. The van der Waals surface area contributed by atoms with E-state index >= 15 is 0 Å².